The zero-order valence-electron chi connectivity index (χ0n) is 15.7. The molecule has 0 saturated carbocycles. The van der Waals surface area contributed by atoms with Crippen molar-refractivity contribution in [2.75, 3.05) is 19.7 Å². The van der Waals surface area contributed by atoms with E-state index in [1.54, 1.807) is 0 Å². The Kier molecular flexibility index (Phi) is 6.29. The Morgan fingerprint density at radius 1 is 1.12 bits per heavy atom. The van der Waals surface area contributed by atoms with Gasteiger partial charge in [0, 0.05) is 12.1 Å². The molecule has 0 radical (unpaired) electrons. The number of likely N-dealkylation sites (tertiary alicyclic amines) is 1. The van der Waals surface area contributed by atoms with Crippen molar-refractivity contribution in [1.82, 2.24) is 10.2 Å². The van der Waals surface area contributed by atoms with Crippen LogP contribution in [-0.4, -0.2) is 36.5 Å². The maximum absolute atomic E-state index is 12.4. The second-order valence-corrected chi connectivity index (χ2v) is 7.13. The molecule has 4 heteroatoms. The number of amides is 1. The van der Waals surface area contributed by atoms with E-state index in [9.17, 15) is 4.79 Å². The van der Waals surface area contributed by atoms with Crippen LogP contribution < -0.4 is 10.1 Å². The lowest BCUT2D eigenvalue weighted by atomic mass is 10.1. The molecule has 1 fully saturated rings. The highest BCUT2D eigenvalue weighted by atomic mass is 16.5. The molecule has 2 aromatic carbocycles. The lowest BCUT2D eigenvalue weighted by Crippen LogP contribution is -2.36. The second kappa shape index (κ2) is 8.86. The second-order valence-electron chi connectivity index (χ2n) is 7.13. The highest BCUT2D eigenvalue weighted by Gasteiger charge is 2.13. The molecule has 138 valence electrons. The molecule has 26 heavy (non-hydrogen) atoms. The van der Waals surface area contributed by atoms with Gasteiger partial charge >= 0.3 is 0 Å². The van der Waals surface area contributed by atoms with Gasteiger partial charge in [0.2, 0.25) is 0 Å². The zero-order valence-corrected chi connectivity index (χ0v) is 15.7. The Bertz CT molecular complexity index is 721. The molecule has 0 spiro atoms. The van der Waals surface area contributed by atoms with Crippen LogP contribution in [-0.2, 0) is 6.54 Å². The first-order valence-electron chi connectivity index (χ1n) is 9.42. The number of carbonyl (C=O) groups is 1. The van der Waals surface area contributed by atoms with Crippen molar-refractivity contribution < 1.29 is 9.53 Å². The van der Waals surface area contributed by atoms with Crippen LogP contribution in [0, 0.1) is 6.92 Å². The fourth-order valence-electron chi connectivity index (χ4n) is 3.24. The monoisotopic (exact) mass is 352 g/mol. The Balaban J connectivity index is 1.48. The summed E-state index contributed by atoms with van der Waals surface area (Å²) in [5, 5.41) is 3.00. The van der Waals surface area contributed by atoms with Crippen molar-refractivity contribution in [1.29, 1.82) is 0 Å². The van der Waals surface area contributed by atoms with E-state index in [1.807, 2.05) is 50.2 Å². The molecule has 4 nitrogen and oxygen atoms in total. The van der Waals surface area contributed by atoms with Crippen molar-refractivity contribution in [2.24, 2.45) is 0 Å². The Morgan fingerprint density at radius 3 is 2.50 bits per heavy atom. The Hall–Kier alpha value is -2.33. The third-order valence-corrected chi connectivity index (χ3v) is 4.78. The molecule has 1 heterocycles. The van der Waals surface area contributed by atoms with Gasteiger partial charge < -0.3 is 10.1 Å². The summed E-state index contributed by atoms with van der Waals surface area (Å²) in [5.74, 6) is 0.804. The number of aryl methyl sites for hydroxylation is 1. The van der Waals surface area contributed by atoms with Gasteiger partial charge in [-0.3, -0.25) is 9.69 Å². The van der Waals surface area contributed by atoms with Crippen LogP contribution in [0.25, 0.3) is 0 Å². The number of para-hydroxylation sites is 1. The normalized spacial score (nSPS) is 15.6. The summed E-state index contributed by atoms with van der Waals surface area (Å²) in [6.07, 6.45) is 2.59. The molecule has 0 aliphatic carbocycles. The van der Waals surface area contributed by atoms with E-state index in [4.69, 9.17) is 4.74 Å². The predicted octanol–water partition coefficient (Wildman–Crippen LogP) is 3.79. The SMILES string of the molecule is Cc1ccccc1OCC(C)NC(=O)c1ccc(CN2CCCC2)cc1. The molecule has 1 aliphatic heterocycles. The predicted molar refractivity (Wildman–Crippen MR) is 105 cm³/mol. The maximum atomic E-state index is 12.4. The topological polar surface area (TPSA) is 41.6 Å². The number of ether oxygens (including phenoxy) is 1. The van der Waals surface area contributed by atoms with Gasteiger partial charge in [-0.25, -0.2) is 0 Å². The van der Waals surface area contributed by atoms with E-state index in [-0.39, 0.29) is 11.9 Å². The third kappa shape index (κ3) is 5.09. The molecule has 1 unspecified atom stereocenters. The van der Waals surface area contributed by atoms with Gasteiger partial charge in [0.05, 0.1) is 6.04 Å². The summed E-state index contributed by atoms with van der Waals surface area (Å²) >= 11 is 0. The van der Waals surface area contributed by atoms with Gasteiger partial charge in [-0.15, -0.1) is 0 Å². The summed E-state index contributed by atoms with van der Waals surface area (Å²) in [4.78, 5) is 14.9. The fourth-order valence-corrected chi connectivity index (χ4v) is 3.24. The first-order chi connectivity index (χ1) is 12.6. The van der Waals surface area contributed by atoms with E-state index in [0.717, 1.165) is 17.9 Å². The van der Waals surface area contributed by atoms with Crippen LogP contribution in [0.5, 0.6) is 5.75 Å². The lowest BCUT2D eigenvalue weighted by Gasteiger charge is -2.17. The average molecular weight is 352 g/mol. The van der Waals surface area contributed by atoms with Crippen LogP contribution in [0.2, 0.25) is 0 Å². The summed E-state index contributed by atoms with van der Waals surface area (Å²) in [6.45, 7) is 7.76. The van der Waals surface area contributed by atoms with E-state index in [0.29, 0.717) is 12.2 Å². The minimum absolute atomic E-state index is 0.0568. The number of nitrogens with zero attached hydrogens (tertiary/aromatic N) is 1. The van der Waals surface area contributed by atoms with Crippen LogP contribution in [0.1, 0.15) is 41.3 Å². The van der Waals surface area contributed by atoms with Crippen LogP contribution >= 0.6 is 0 Å². The Labute approximate surface area is 156 Å². The molecule has 1 saturated heterocycles. The van der Waals surface area contributed by atoms with Crippen molar-refractivity contribution >= 4 is 5.91 Å². The molecule has 1 aliphatic rings. The van der Waals surface area contributed by atoms with Gasteiger partial charge in [0.1, 0.15) is 12.4 Å². The van der Waals surface area contributed by atoms with E-state index >= 15 is 0 Å². The molecular formula is C22H28N2O2. The van der Waals surface area contributed by atoms with Crippen molar-refractivity contribution in [3.63, 3.8) is 0 Å². The summed E-state index contributed by atoms with van der Waals surface area (Å²) in [5.41, 5.74) is 3.05. The summed E-state index contributed by atoms with van der Waals surface area (Å²) in [7, 11) is 0. The smallest absolute Gasteiger partial charge is 0.251 e. The summed E-state index contributed by atoms with van der Waals surface area (Å²) < 4.78 is 5.81. The van der Waals surface area contributed by atoms with E-state index in [1.165, 1.54) is 31.5 Å². The van der Waals surface area contributed by atoms with Gasteiger partial charge in [-0.1, -0.05) is 30.3 Å². The summed E-state index contributed by atoms with van der Waals surface area (Å²) in [6, 6.07) is 15.8. The van der Waals surface area contributed by atoms with Crippen molar-refractivity contribution in [2.45, 2.75) is 39.3 Å². The lowest BCUT2D eigenvalue weighted by molar-refractivity contribution is 0.0926. The minimum Gasteiger partial charge on any atom is -0.491 e. The highest BCUT2D eigenvalue weighted by Crippen LogP contribution is 2.16. The molecule has 1 amide bonds. The quantitative estimate of drug-likeness (QED) is 0.824. The minimum atomic E-state index is -0.0635. The van der Waals surface area contributed by atoms with Gasteiger partial charge in [-0.05, 0) is 69.1 Å². The number of benzene rings is 2. The fraction of sp³-hybridized carbons (Fsp3) is 0.409. The number of hydrogen-bond acceptors (Lipinski definition) is 3. The molecule has 0 aromatic heterocycles. The molecule has 0 bridgehead atoms. The van der Waals surface area contributed by atoms with Crippen LogP contribution in [0.3, 0.4) is 0 Å². The van der Waals surface area contributed by atoms with Gasteiger partial charge in [0.25, 0.3) is 5.91 Å². The Morgan fingerprint density at radius 2 is 1.81 bits per heavy atom. The molecule has 3 rings (SSSR count). The van der Waals surface area contributed by atoms with Crippen molar-refractivity contribution in [3.05, 3.63) is 65.2 Å². The van der Waals surface area contributed by atoms with Crippen LogP contribution in [0.15, 0.2) is 48.5 Å². The maximum Gasteiger partial charge on any atom is 0.251 e. The standard InChI is InChI=1S/C22H28N2O2/c1-17-7-3-4-8-21(17)26-16-18(2)23-22(25)20-11-9-19(10-12-20)15-24-13-5-6-14-24/h3-4,7-12,18H,5-6,13-16H2,1-2H3,(H,23,25). The van der Waals surface area contributed by atoms with Crippen molar-refractivity contribution in [3.8, 4) is 5.75 Å². The highest BCUT2D eigenvalue weighted by molar-refractivity contribution is 5.94. The first kappa shape index (κ1) is 18.5. The number of rotatable bonds is 7. The molecule has 1 N–H and O–H groups in total. The van der Waals surface area contributed by atoms with E-state index < -0.39 is 0 Å². The van der Waals surface area contributed by atoms with Crippen LogP contribution in [0.4, 0.5) is 0 Å². The molecule has 1 atom stereocenters. The molecule has 2 aromatic rings. The van der Waals surface area contributed by atoms with E-state index in [2.05, 4.69) is 22.3 Å². The number of nitrogens with one attached hydrogen (secondary N) is 1. The largest absolute Gasteiger partial charge is 0.491 e. The average Bonchev–Trinajstić information content (AvgIpc) is 3.14. The third-order valence-electron chi connectivity index (χ3n) is 4.78. The van der Waals surface area contributed by atoms with Gasteiger partial charge in [-0.2, -0.15) is 0 Å². The molecular weight excluding hydrogens is 324 g/mol. The zero-order chi connectivity index (χ0) is 18.4. The van der Waals surface area contributed by atoms with Gasteiger partial charge in [0.15, 0.2) is 0 Å². The first-order valence-corrected chi connectivity index (χ1v) is 9.42. The number of carbonyl (C=O) groups excluding carboxylic acids is 1. The number of hydrogen-bond donors (Lipinski definition) is 1.